The third-order valence-electron chi connectivity index (χ3n) is 4.00. The average Bonchev–Trinajstić information content (AvgIpc) is 2.66. The van der Waals surface area contributed by atoms with Gasteiger partial charge in [0, 0.05) is 12.5 Å². The second kappa shape index (κ2) is 12.1. The van der Waals surface area contributed by atoms with Crippen molar-refractivity contribution in [3.63, 3.8) is 0 Å². The number of rotatable bonds is 9. The van der Waals surface area contributed by atoms with Crippen LogP contribution in [0.15, 0.2) is 43.0 Å². The van der Waals surface area contributed by atoms with Crippen molar-refractivity contribution >= 4 is 18.2 Å². The standard InChI is InChI=1S/C24H36N2O6/c1-8-12-18(15-25-21(28)32-24(5,6)7)19(20(27)31-23(2,3)4)26-22(29)30-16-17-13-10-9-11-14-17/h8-11,13-14,18-19H,1,12,15-16H2,2-7H3,(H,25,28)(H,26,29)/t18-,19+/m1/s1. The minimum Gasteiger partial charge on any atom is -0.458 e. The van der Waals surface area contributed by atoms with Gasteiger partial charge in [-0.05, 0) is 53.5 Å². The minimum absolute atomic E-state index is 0.0516. The Labute approximate surface area is 190 Å². The molecule has 1 rings (SSSR count). The first-order chi connectivity index (χ1) is 14.8. The van der Waals surface area contributed by atoms with Gasteiger partial charge in [-0.25, -0.2) is 14.4 Å². The van der Waals surface area contributed by atoms with Crippen molar-refractivity contribution < 1.29 is 28.6 Å². The zero-order chi connectivity index (χ0) is 24.4. The smallest absolute Gasteiger partial charge is 0.408 e. The Hall–Kier alpha value is -3.03. The van der Waals surface area contributed by atoms with E-state index in [4.69, 9.17) is 14.2 Å². The highest BCUT2D eigenvalue weighted by atomic mass is 16.6. The topological polar surface area (TPSA) is 103 Å². The van der Waals surface area contributed by atoms with E-state index in [0.717, 1.165) is 5.56 Å². The van der Waals surface area contributed by atoms with Crippen molar-refractivity contribution in [2.24, 2.45) is 5.92 Å². The molecule has 178 valence electrons. The molecule has 0 aromatic heterocycles. The lowest BCUT2D eigenvalue weighted by molar-refractivity contribution is -0.158. The lowest BCUT2D eigenvalue weighted by Gasteiger charge is -2.29. The summed E-state index contributed by atoms with van der Waals surface area (Å²) in [5.74, 6) is -1.16. The SMILES string of the molecule is C=CC[C@H](CNC(=O)OC(C)(C)C)[C@H](NC(=O)OCc1ccccc1)C(=O)OC(C)(C)C. The van der Waals surface area contributed by atoms with Gasteiger partial charge >= 0.3 is 18.2 Å². The van der Waals surface area contributed by atoms with Gasteiger partial charge in [0.15, 0.2) is 0 Å². The lowest BCUT2D eigenvalue weighted by Crippen LogP contribution is -2.51. The van der Waals surface area contributed by atoms with E-state index in [1.54, 1.807) is 47.6 Å². The molecule has 0 fully saturated rings. The number of amides is 2. The van der Waals surface area contributed by atoms with Crippen LogP contribution in [0.4, 0.5) is 9.59 Å². The van der Waals surface area contributed by atoms with Crippen molar-refractivity contribution in [2.75, 3.05) is 6.54 Å². The molecular weight excluding hydrogens is 412 g/mol. The molecule has 32 heavy (non-hydrogen) atoms. The quantitative estimate of drug-likeness (QED) is 0.331. The summed E-state index contributed by atoms with van der Waals surface area (Å²) in [5.41, 5.74) is -0.615. The van der Waals surface area contributed by atoms with Gasteiger partial charge in [-0.2, -0.15) is 0 Å². The molecule has 0 radical (unpaired) electrons. The fourth-order valence-electron chi connectivity index (χ4n) is 2.71. The number of hydrogen-bond acceptors (Lipinski definition) is 6. The molecule has 8 heteroatoms. The molecule has 2 amide bonds. The van der Waals surface area contributed by atoms with E-state index in [9.17, 15) is 14.4 Å². The Balaban J connectivity index is 2.91. The van der Waals surface area contributed by atoms with Gasteiger partial charge in [0.05, 0.1) is 0 Å². The number of ether oxygens (including phenoxy) is 3. The van der Waals surface area contributed by atoms with Crippen LogP contribution in [0.2, 0.25) is 0 Å². The minimum atomic E-state index is -1.06. The van der Waals surface area contributed by atoms with Crippen molar-refractivity contribution in [3.8, 4) is 0 Å². The molecule has 0 aliphatic heterocycles. The molecule has 0 bridgehead atoms. The second-order valence-corrected chi connectivity index (χ2v) is 9.38. The molecule has 0 saturated carbocycles. The van der Waals surface area contributed by atoms with E-state index in [1.807, 2.05) is 30.3 Å². The molecule has 1 aromatic rings. The number of hydrogen-bond donors (Lipinski definition) is 2. The maximum absolute atomic E-state index is 12.9. The highest BCUT2D eigenvalue weighted by Crippen LogP contribution is 2.17. The molecule has 0 spiro atoms. The zero-order valence-electron chi connectivity index (χ0n) is 19.9. The van der Waals surface area contributed by atoms with Crippen LogP contribution in [-0.2, 0) is 25.6 Å². The summed E-state index contributed by atoms with van der Waals surface area (Å²) in [6.45, 7) is 14.3. The van der Waals surface area contributed by atoms with Crippen LogP contribution in [0.1, 0.15) is 53.5 Å². The Morgan fingerprint density at radius 1 is 0.969 bits per heavy atom. The maximum Gasteiger partial charge on any atom is 0.408 e. The van der Waals surface area contributed by atoms with Gasteiger partial charge < -0.3 is 24.8 Å². The maximum atomic E-state index is 12.9. The summed E-state index contributed by atoms with van der Waals surface area (Å²) in [5, 5.41) is 5.24. The second-order valence-electron chi connectivity index (χ2n) is 9.38. The first-order valence-corrected chi connectivity index (χ1v) is 10.6. The average molecular weight is 449 g/mol. The molecule has 0 aliphatic rings. The number of alkyl carbamates (subject to hydrolysis) is 2. The Morgan fingerprint density at radius 2 is 1.56 bits per heavy atom. The van der Waals surface area contributed by atoms with E-state index < -0.39 is 41.3 Å². The van der Waals surface area contributed by atoms with Crippen LogP contribution in [0.3, 0.4) is 0 Å². The van der Waals surface area contributed by atoms with Gasteiger partial charge in [-0.15, -0.1) is 6.58 Å². The third kappa shape index (κ3) is 11.4. The van der Waals surface area contributed by atoms with E-state index >= 15 is 0 Å². The number of carbonyl (C=O) groups is 3. The fourth-order valence-corrected chi connectivity index (χ4v) is 2.71. The molecule has 8 nitrogen and oxygen atoms in total. The number of esters is 1. The van der Waals surface area contributed by atoms with Gasteiger partial charge in [-0.1, -0.05) is 36.4 Å². The highest BCUT2D eigenvalue weighted by Gasteiger charge is 2.34. The fraction of sp³-hybridized carbons (Fsp3) is 0.542. The van der Waals surface area contributed by atoms with Crippen molar-refractivity contribution in [1.82, 2.24) is 10.6 Å². The molecule has 1 aromatic carbocycles. The Kier molecular flexibility index (Phi) is 10.2. The molecule has 0 unspecified atom stereocenters. The molecule has 0 saturated heterocycles. The van der Waals surface area contributed by atoms with Gasteiger partial charge in [0.1, 0.15) is 23.9 Å². The van der Waals surface area contributed by atoms with Gasteiger partial charge in [0.2, 0.25) is 0 Å². The van der Waals surface area contributed by atoms with Crippen LogP contribution in [0, 0.1) is 5.92 Å². The summed E-state index contributed by atoms with van der Waals surface area (Å²) in [6.07, 6.45) is 0.547. The molecular formula is C24H36N2O6. The molecule has 0 aliphatic carbocycles. The largest absolute Gasteiger partial charge is 0.458 e. The number of benzene rings is 1. The third-order valence-corrected chi connectivity index (χ3v) is 4.00. The van der Waals surface area contributed by atoms with E-state index in [1.165, 1.54) is 0 Å². The predicted octanol–water partition coefficient (Wildman–Crippen LogP) is 4.34. The van der Waals surface area contributed by atoms with Crippen LogP contribution in [0.25, 0.3) is 0 Å². The predicted molar refractivity (Wildman–Crippen MR) is 122 cm³/mol. The molecule has 2 N–H and O–H groups in total. The molecule has 0 heterocycles. The zero-order valence-corrected chi connectivity index (χ0v) is 19.9. The molecule has 2 atom stereocenters. The monoisotopic (exact) mass is 448 g/mol. The summed E-state index contributed by atoms with van der Waals surface area (Å²) in [7, 11) is 0. The summed E-state index contributed by atoms with van der Waals surface area (Å²) in [6, 6.07) is 8.11. The van der Waals surface area contributed by atoms with Crippen molar-refractivity contribution in [2.45, 2.75) is 71.8 Å². The summed E-state index contributed by atoms with van der Waals surface area (Å²) < 4.78 is 16.0. The van der Waals surface area contributed by atoms with Crippen molar-refractivity contribution in [3.05, 3.63) is 48.6 Å². The van der Waals surface area contributed by atoms with E-state index in [2.05, 4.69) is 17.2 Å². The number of nitrogens with one attached hydrogen (secondary N) is 2. The first-order valence-electron chi connectivity index (χ1n) is 10.6. The highest BCUT2D eigenvalue weighted by molar-refractivity contribution is 5.82. The Morgan fingerprint density at radius 3 is 2.09 bits per heavy atom. The summed E-state index contributed by atoms with van der Waals surface area (Å²) in [4.78, 5) is 37.4. The lowest BCUT2D eigenvalue weighted by atomic mass is 9.95. The van der Waals surface area contributed by atoms with Crippen LogP contribution >= 0.6 is 0 Å². The Bertz CT molecular complexity index is 765. The normalized spacial score (nSPS) is 13.3. The van der Waals surface area contributed by atoms with E-state index in [0.29, 0.717) is 6.42 Å². The summed E-state index contributed by atoms with van der Waals surface area (Å²) >= 11 is 0. The van der Waals surface area contributed by atoms with E-state index in [-0.39, 0.29) is 13.2 Å². The van der Waals surface area contributed by atoms with Crippen LogP contribution in [-0.4, -0.2) is 41.9 Å². The number of carbonyl (C=O) groups excluding carboxylic acids is 3. The van der Waals surface area contributed by atoms with Crippen LogP contribution in [0.5, 0.6) is 0 Å². The van der Waals surface area contributed by atoms with Crippen molar-refractivity contribution in [1.29, 1.82) is 0 Å². The van der Waals surface area contributed by atoms with Crippen LogP contribution < -0.4 is 10.6 Å². The number of allylic oxidation sites excluding steroid dienone is 1. The van der Waals surface area contributed by atoms with Gasteiger partial charge in [-0.3, -0.25) is 0 Å². The van der Waals surface area contributed by atoms with Gasteiger partial charge in [0.25, 0.3) is 0 Å². The first kappa shape index (κ1) is 27.0.